The first-order valence-electron chi connectivity index (χ1n) is 13.4. The lowest BCUT2D eigenvalue weighted by Crippen LogP contribution is -2.41. The molecule has 0 saturated carbocycles. The largest absolute Gasteiger partial charge is 0.494 e. The molecule has 2 aliphatic heterocycles. The van der Waals surface area contributed by atoms with Crippen molar-refractivity contribution in [1.82, 2.24) is 0 Å². The van der Waals surface area contributed by atoms with Crippen LogP contribution in [-0.2, 0) is 18.6 Å². The molecule has 4 aromatic rings. The monoisotopic (exact) mass is 521 g/mol. The van der Waals surface area contributed by atoms with Crippen molar-refractivity contribution in [3.05, 3.63) is 60.2 Å². The third-order valence-corrected chi connectivity index (χ3v) is 8.96. The fourth-order valence-electron chi connectivity index (χ4n) is 5.10. The minimum absolute atomic E-state index is 0.467. The average molecular weight is 521 g/mol. The van der Waals surface area contributed by atoms with Crippen LogP contribution in [0.2, 0.25) is 0 Å². The topological polar surface area (TPSA) is 73.9 Å². The minimum Gasteiger partial charge on any atom is -0.456 e. The first-order chi connectivity index (χ1) is 18.2. The predicted molar refractivity (Wildman–Crippen MR) is 155 cm³/mol. The molecule has 0 radical (unpaired) electrons. The van der Waals surface area contributed by atoms with Gasteiger partial charge in [0.15, 0.2) is 0 Å². The van der Waals surface area contributed by atoms with E-state index in [2.05, 4.69) is 85.7 Å². The zero-order valence-corrected chi connectivity index (χ0v) is 23.8. The summed E-state index contributed by atoms with van der Waals surface area (Å²) in [6, 6.07) is 20.2. The van der Waals surface area contributed by atoms with E-state index in [9.17, 15) is 5.26 Å². The standard InChI is InChI=1S/C31H33B2NO5/c1-28(2)29(3,4)37-32(36-28)22-14-21(15-23(17-22)33-38-30(5,6)31(7,8)39-33)20-10-12-27-25(16-20)24-13-19(18-34)9-11-26(24)35-27/h9-17H,1-8H3. The van der Waals surface area contributed by atoms with Gasteiger partial charge in [-0.3, -0.25) is 0 Å². The van der Waals surface area contributed by atoms with Crippen molar-refractivity contribution in [3.63, 3.8) is 0 Å². The van der Waals surface area contributed by atoms with E-state index in [1.54, 1.807) is 6.07 Å². The summed E-state index contributed by atoms with van der Waals surface area (Å²) in [6.45, 7) is 16.4. The van der Waals surface area contributed by atoms with E-state index in [0.717, 1.165) is 44.0 Å². The lowest BCUT2D eigenvalue weighted by atomic mass is 9.70. The van der Waals surface area contributed by atoms with Gasteiger partial charge < -0.3 is 23.0 Å². The summed E-state index contributed by atoms with van der Waals surface area (Å²) in [5.74, 6) is 0. The second-order valence-corrected chi connectivity index (χ2v) is 12.7. The van der Waals surface area contributed by atoms with Crippen LogP contribution in [0.1, 0.15) is 61.0 Å². The van der Waals surface area contributed by atoms with E-state index in [4.69, 9.17) is 23.0 Å². The molecule has 3 aromatic carbocycles. The summed E-state index contributed by atoms with van der Waals surface area (Å²) in [5.41, 5.74) is 4.05. The summed E-state index contributed by atoms with van der Waals surface area (Å²) >= 11 is 0. The van der Waals surface area contributed by atoms with Crippen molar-refractivity contribution < 1.29 is 23.0 Å². The Kier molecular flexibility index (Phi) is 5.67. The zero-order valence-electron chi connectivity index (χ0n) is 23.8. The molecule has 0 aliphatic carbocycles. The molecule has 0 N–H and O–H groups in total. The Bertz CT molecular complexity index is 1580. The molecule has 198 valence electrons. The van der Waals surface area contributed by atoms with Crippen LogP contribution in [0.5, 0.6) is 0 Å². The fourth-order valence-corrected chi connectivity index (χ4v) is 5.10. The van der Waals surface area contributed by atoms with Crippen molar-refractivity contribution >= 4 is 47.1 Å². The van der Waals surface area contributed by atoms with E-state index in [0.29, 0.717) is 5.56 Å². The van der Waals surface area contributed by atoms with Gasteiger partial charge >= 0.3 is 14.2 Å². The van der Waals surface area contributed by atoms with Gasteiger partial charge in [0.25, 0.3) is 0 Å². The lowest BCUT2D eigenvalue weighted by molar-refractivity contribution is 0.00578. The number of hydrogen-bond donors (Lipinski definition) is 0. The normalized spacial score (nSPS) is 21.1. The number of nitrogens with zero attached hydrogens (tertiary/aromatic N) is 1. The third kappa shape index (κ3) is 4.20. The summed E-state index contributed by atoms with van der Waals surface area (Å²) in [5, 5.41) is 11.3. The number of nitriles is 1. The number of benzene rings is 3. The molecule has 0 spiro atoms. The van der Waals surface area contributed by atoms with E-state index in [1.807, 2.05) is 24.3 Å². The first-order valence-corrected chi connectivity index (χ1v) is 13.4. The third-order valence-electron chi connectivity index (χ3n) is 8.96. The molecule has 2 aliphatic rings. The molecule has 2 saturated heterocycles. The quantitative estimate of drug-likeness (QED) is 0.321. The molecule has 39 heavy (non-hydrogen) atoms. The van der Waals surface area contributed by atoms with Crippen LogP contribution in [0, 0.1) is 11.3 Å². The molecule has 2 fully saturated rings. The van der Waals surface area contributed by atoms with Crippen LogP contribution in [0.25, 0.3) is 33.1 Å². The Morgan fingerprint density at radius 1 is 0.564 bits per heavy atom. The van der Waals surface area contributed by atoms with Crippen LogP contribution in [0.4, 0.5) is 0 Å². The average Bonchev–Trinajstić information content (AvgIpc) is 3.42. The molecule has 0 atom stereocenters. The van der Waals surface area contributed by atoms with Gasteiger partial charge in [0.2, 0.25) is 0 Å². The van der Waals surface area contributed by atoms with Crippen LogP contribution < -0.4 is 10.9 Å². The maximum Gasteiger partial charge on any atom is 0.494 e. The molecule has 0 unspecified atom stereocenters. The summed E-state index contributed by atoms with van der Waals surface area (Å²) in [7, 11) is -1.07. The van der Waals surface area contributed by atoms with Crippen LogP contribution in [-0.4, -0.2) is 36.6 Å². The molecule has 3 heterocycles. The smallest absolute Gasteiger partial charge is 0.456 e. The number of rotatable bonds is 3. The van der Waals surface area contributed by atoms with Gasteiger partial charge in [-0.2, -0.15) is 5.26 Å². The second-order valence-electron chi connectivity index (χ2n) is 12.7. The lowest BCUT2D eigenvalue weighted by Gasteiger charge is -2.32. The highest BCUT2D eigenvalue weighted by Gasteiger charge is 2.54. The maximum absolute atomic E-state index is 9.43. The van der Waals surface area contributed by atoms with Gasteiger partial charge in [0.05, 0.1) is 34.0 Å². The van der Waals surface area contributed by atoms with Gasteiger partial charge in [0.1, 0.15) is 11.2 Å². The SMILES string of the molecule is CC1(C)OB(c2cc(B3OC(C)(C)C(C)(C)O3)cc(-c3ccc4oc5ccc(C#N)cc5c4c3)c2)OC1(C)C. The van der Waals surface area contributed by atoms with Crippen LogP contribution in [0.15, 0.2) is 59.0 Å². The van der Waals surface area contributed by atoms with Gasteiger partial charge in [-0.1, -0.05) is 24.3 Å². The van der Waals surface area contributed by atoms with E-state index in [-0.39, 0.29) is 0 Å². The molecular weight excluding hydrogens is 488 g/mol. The van der Waals surface area contributed by atoms with Gasteiger partial charge in [0, 0.05) is 10.8 Å². The molecular formula is C31H33B2NO5. The summed E-state index contributed by atoms with van der Waals surface area (Å²) < 4.78 is 31.8. The first kappa shape index (κ1) is 26.2. The van der Waals surface area contributed by atoms with Crippen molar-refractivity contribution in [1.29, 1.82) is 5.26 Å². The highest BCUT2D eigenvalue weighted by molar-refractivity contribution is 6.66. The van der Waals surface area contributed by atoms with E-state index < -0.39 is 36.6 Å². The molecule has 8 heteroatoms. The number of fused-ring (bicyclic) bond motifs is 3. The second kappa shape index (κ2) is 8.46. The predicted octanol–water partition coefficient (Wildman–Crippen LogP) is 5.72. The summed E-state index contributed by atoms with van der Waals surface area (Å²) in [6.07, 6.45) is 0. The summed E-state index contributed by atoms with van der Waals surface area (Å²) in [4.78, 5) is 0. The maximum atomic E-state index is 9.43. The molecule has 6 rings (SSSR count). The van der Waals surface area contributed by atoms with Crippen molar-refractivity contribution in [2.24, 2.45) is 0 Å². The van der Waals surface area contributed by atoms with Crippen LogP contribution in [0.3, 0.4) is 0 Å². The highest BCUT2D eigenvalue weighted by atomic mass is 16.7. The van der Waals surface area contributed by atoms with E-state index in [1.165, 1.54) is 0 Å². The number of furan rings is 1. The van der Waals surface area contributed by atoms with E-state index >= 15 is 0 Å². The Balaban J connectivity index is 1.50. The Hall–Kier alpha value is -3.08. The van der Waals surface area contributed by atoms with Crippen molar-refractivity contribution in [2.75, 3.05) is 0 Å². The van der Waals surface area contributed by atoms with Gasteiger partial charge in [-0.15, -0.1) is 0 Å². The molecule has 6 nitrogen and oxygen atoms in total. The fraction of sp³-hybridized carbons (Fsp3) is 0.387. The Labute approximate surface area is 230 Å². The van der Waals surface area contributed by atoms with Crippen LogP contribution >= 0.6 is 0 Å². The molecule has 0 amide bonds. The molecule has 0 bridgehead atoms. The molecule has 1 aromatic heterocycles. The Morgan fingerprint density at radius 3 is 1.51 bits per heavy atom. The zero-order chi connectivity index (χ0) is 28.0. The minimum atomic E-state index is -0.534. The van der Waals surface area contributed by atoms with Gasteiger partial charge in [-0.25, -0.2) is 0 Å². The van der Waals surface area contributed by atoms with Crippen molar-refractivity contribution in [3.8, 4) is 17.2 Å². The Morgan fingerprint density at radius 2 is 1.03 bits per heavy atom. The van der Waals surface area contributed by atoms with Crippen molar-refractivity contribution in [2.45, 2.75) is 77.8 Å². The van der Waals surface area contributed by atoms with Gasteiger partial charge in [-0.05, 0) is 108 Å². The highest BCUT2D eigenvalue weighted by Crippen LogP contribution is 2.39. The number of hydrogen-bond acceptors (Lipinski definition) is 6.